The highest BCUT2D eigenvalue weighted by Crippen LogP contribution is 2.33. The molecule has 0 unspecified atom stereocenters. The summed E-state index contributed by atoms with van der Waals surface area (Å²) in [6.07, 6.45) is 4.78. The van der Waals surface area contributed by atoms with Crippen LogP contribution in [0.1, 0.15) is 34.8 Å². The Morgan fingerprint density at radius 3 is 2.80 bits per heavy atom. The van der Waals surface area contributed by atoms with E-state index >= 15 is 0 Å². The zero-order chi connectivity index (χ0) is 17.4. The summed E-state index contributed by atoms with van der Waals surface area (Å²) in [6, 6.07) is 8.18. The van der Waals surface area contributed by atoms with Crippen molar-refractivity contribution < 1.29 is 9.72 Å². The van der Waals surface area contributed by atoms with Gasteiger partial charge in [0.05, 0.1) is 4.92 Å². The molecule has 0 radical (unpaired) electrons. The SMILES string of the molecule is O=C(c1[nH]ncc1[N+](=O)[O-])N1CCC(c2c[nH]c3ccccc23)CC1. The third-order valence-corrected chi connectivity index (χ3v) is 4.87. The lowest BCUT2D eigenvalue weighted by molar-refractivity contribution is -0.385. The molecule has 1 aliphatic heterocycles. The molecule has 25 heavy (non-hydrogen) atoms. The second-order valence-electron chi connectivity index (χ2n) is 6.24. The molecular formula is C17H17N5O3. The third-order valence-electron chi connectivity index (χ3n) is 4.87. The van der Waals surface area contributed by atoms with Crippen molar-refractivity contribution in [3.63, 3.8) is 0 Å². The summed E-state index contributed by atoms with van der Waals surface area (Å²) in [5.74, 6) is 0.0125. The van der Waals surface area contributed by atoms with Crippen molar-refractivity contribution in [3.05, 3.63) is 58.0 Å². The number of amides is 1. The van der Waals surface area contributed by atoms with E-state index < -0.39 is 4.92 Å². The van der Waals surface area contributed by atoms with E-state index in [1.54, 1.807) is 4.90 Å². The minimum Gasteiger partial charge on any atom is -0.361 e. The fraction of sp³-hybridized carbons (Fsp3) is 0.294. The lowest BCUT2D eigenvalue weighted by atomic mass is 9.89. The first-order valence-corrected chi connectivity index (χ1v) is 8.18. The smallest absolute Gasteiger partial charge is 0.319 e. The molecule has 1 aliphatic rings. The number of benzene rings is 1. The Bertz CT molecular complexity index is 937. The van der Waals surface area contributed by atoms with Crippen molar-refractivity contribution in [2.45, 2.75) is 18.8 Å². The van der Waals surface area contributed by atoms with E-state index in [1.165, 1.54) is 10.9 Å². The van der Waals surface area contributed by atoms with Crippen molar-refractivity contribution in [3.8, 4) is 0 Å². The molecule has 0 bridgehead atoms. The van der Waals surface area contributed by atoms with Crippen LogP contribution >= 0.6 is 0 Å². The Balaban J connectivity index is 1.49. The average molecular weight is 339 g/mol. The van der Waals surface area contributed by atoms with Gasteiger partial charge in [-0.15, -0.1) is 0 Å². The van der Waals surface area contributed by atoms with E-state index in [1.807, 2.05) is 18.3 Å². The minimum absolute atomic E-state index is 0.0458. The van der Waals surface area contributed by atoms with Gasteiger partial charge in [-0.2, -0.15) is 5.10 Å². The molecule has 4 rings (SSSR count). The molecule has 8 nitrogen and oxygen atoms in total. The van der Waals surface area contributed by atoms with Gasteiger partial charge in [-0.1, -0.05) is 18.2 Å². The number of hydrogen-bond acceptors (Lipinski definition) is 4. The van der Waals surface area contributed by atoms with Gasteiger partial charge in [0, 0.05) is 30.2 Å². The highest BCUT2D eigenvalue weighted by molar-refractivity contribution is 5.96. The highest BCUT2D eigenvalue weighted by atomic mass is 16.6. The van der Waals surface area contributed by atoms with Gasteiger partial charge in [0.1, 0.15) is 6.20 Å². The number of nitro groups is 1. The summed E-state index contributed by atoms with van der Waals surface area (Å²) < 4.78 is 0. The number of carbonyl (C=O) groups is 1. The molecule has 128 valence electrons. The second kappa shape index (κ2) is 6.04. The largest absolute Gasteiger partial charge is 0.361 e. The molecule has 8 heteroatoms. The van der Waals surface area contributed by atoms with Crippen LogP contribution in [0.25, 0.3) is 10.9 Å². The summed E-state index contributed by atoms with van der Waals surface area (Å²) in [5, 5.41) is 18.3. The van der Waals surface area contributed by atoms with E-state index in [9.17, 15) is 14.9 Å². The minimum atomic E-state index is -0.588. The predicted molar refractivity (Wildman–Crippen MR) is 91.4 cm³/mol. The number of para-hydroxylation sites is 1. The summed E-state index contributed by atoms with van der Waals surface area (Å²) >= 11 is 0. The monoisotopic (exact) mass is 339 g/mol. The lowest BCUT2D eigenvalue weighted by Gasteiger charge is -2.31. The molecule has 1 saturated heterocycles. The number of fused-ring (bicyclic) bond motifs is 1. The van der Waals surface area contributed by atoms with Crippen LogP contribution in [0.4, 0.5) is 5.69 Å². The predicted octanol–water partition coefficient (Wildman–Crippen LogP) is 2.82. The number of carbonyl (C=O) groups excluding carboxylic acids is 1. The first kappa shape index (κ1) is 15.4. The van der Waals surface area contributed by atoms with Crippen LogP contribution in [0.3, 0.4) is 0 Å². The zero-order valence-electron chi connectivity index (χ0n) is 13.4. The van der Waals surface area contributed by atoms with Crippen LogP contribution in [0.5, 0.6) is 0 Å². The van der Waals surface area contributed by atoms with Gasteiger partial charge in [0.2, 0.25) is 5.69 Å². The molecule has 1 fully saturated rings. The van der Waals surface area contributed by atoms with Crippen molar-refractivity contribution in [1.82, 2.24) is 20.1 Å². The second-order valence-corrected chi connectivity index (χ2v) is 6.24. The molecule has 1 aromatic carbocycles. The number of hydrogen-bond donors (Lipinski definition) is 2. The molecule has 0 spiro atoms. The average Bonchev–Trinajstić information content (AvgIpc) is 3.28. The molecule has 3 heterocycles. The quantitative estimate of drug-likeness (QED) is 0.565. The lowest BCUT2D eigenvalue weighted by Crippen LogP contribution is -2.38. The topological polar surface area (TPSA) is 108 Å². The molecule has 3 aromatic rings. The van der Waals surface area contributed by atoms with Gasteiger partial charge in [0.15, 0.2) is 0 Å². The maximum absolute atomic E-state index is 12.5. The van der Waals surface area contributed by atoms with E-state index in [-0.39, 0.29) is 17.3 Å². The summed E-state index contributed by atoms with van der Waals surface area (Å²) in [6.45, 7) is 1.14. The summed E-state index contributed by atoms with van der Waals surface area (Å²) in [5.41, 5.74) is 2.07. The Morgan fingerprint density at radius 2 is 2.04 bits per heavy atom. The number of piperidine rings is 1. The number of aromatic amines is 2. The molecular weight excluding hydrogens is 322 g/mol. The standard InChI is InChI=1S/C17H17N5O3/c23-17(16-15(22(24)25)10-19-20-16)21-7-5-11(6-8-21)13-9-18-14-4-2-1-3-12(13)14/h1-4,9-11,18H,5-8H2,(H,19,20). The molecule has 1 amide bonds. The number of aromatic nitrogens is 3. The van der Waals surface area contributed by atoms with Gasteiger partial charge in [-0.3, -0.25) is 20.0 Å². The Hall–Kier alpha value is -3.16. The van der Waals surface area contributed by atoms with E-state index in [0.717, 1.165) is 24.6 Å². The van der Waals surface area contributed by atoms with E-state index in [4.69, 9.17) is 0 Å². The van der Waals surface area contributed by atoms with Gasteiger partial charge in [-0.25, -0.2) is 0 Å². The third kappa shape index (κ3) is 2.65. The van der Waals surface area contributed by atoms with E-state index in [0.29, 0.717) is 19.0 Å². The fourth-order valence-electron chi connectivity index (χ4n) is 3.56. The van der Waals surface area contributed by atoms with Crippen LogP contribution in [0, 0.1) is 10.1 Å². The van der Waals surface area contributed by atoms with Gasteiger partial charge in [0.25, 0.3) is 5.91 Å². The summed E-state index contributed by atoms with van der Waals surface area (Å²) in [7, 11) is 0. The summed E-state index contributed by atoms with van der Waals surface area (Å²) in [4.78, 5) is 27.9. The van der Waals surface area contributed by atoms with Crippen molar-refractivity contribution in [2.75, 3.05) is 13.1 Å². The number of nitrogens with one attached hydrogen (secondary N) is 2. The van der Waals surface area contributed by atoms with Crippen LogP contribution in [-0.2, 0) is 0 Å². The zero-order valence-corrected chi connectivity index (χ0v) is 13.4. The van der Waals surface area contributed by atoms with Crippen LogP contribution in [-0.4, -0.2) is 44.0 Å². The fourth-order valence-corrected chi connectivity index (χ4v) is 3.56. The maximum atomic E-state index is 12.5. The Morgan fingerprint density at radius 1 is 1.28 bits per heavy atom. The normalized spacial score (nSPS) is 15.6. The van der Waals surface area contributed by atoms with E-state index in [2.05, 4.69) is 27.3 Å². The van der Waals surface area contributed by atoms with Gasteiger partial charge in [-0.05, 0) is 30.4 Å². The maximum Gasteiger partial charge on any atom is 0.319 e. The van der Waals surface area contributed by atoms with Gasteiger partial charge >= 0.3 is 5.69 Å². The number of likely N-dealkylation sites (tertiary alicyclic amines) is 1. The molecule has 2 N–H and O–H groups in total. The molecule has 0 atom stereocenters. The number of H-pyrrole nitrogens is 2. The first-order valence-electron chi connectivity index (χ1n) is 8.18. The Kier molecular flexibility index (Phi) is 3.72. The van der Waals surface area contributed by atoms with Gasteiger partial charge < -0.3 is 9.88 Å². The number of rotatable bonds is 3. The van der Waals surface area contributed by atoms with Crippen LogP contribution < -0.4 is 0 Å². The molecule has 0 aliphatic carbocycles. The highest BCUT2D eigenvalue weighted by Gasteiger charge is 2.30. The number of nitrogens with zero attached hydrogens (tertiary/aromatic N) is 3. The molecule has 2 aromatic heterocycles. The van der Waals surface area contributed by atoms with Crippen LogP contribution in [0.2, 0.25) is 0 Å². The van der Waals surface area contributed by atoms with Crippen LogP contribution in [0.15, 0.2) is 36.7 Å². The Labute approximate surface area is 143 Å². The van der Waals surface area contributed by atoms with Crippen molar-refractivity contribution in [2.24, 2.45) is 0 Å². The van der Waals surface area contributed by atoms with Crippen molar-refractivity contribution >= 4 is 22.5 Å². The molecule has 0 saturated carbocycles. The van der Waals surface area contributed by atoms with Crippen molar-refractivity contribution in [1.29, 1.82) is 0 Å². The first-order chi connectivity index (χ1) is 12.1.